The van der Waals surface area contributed by atoms with Crippen LogP contribution >= 0.6 is 46.3 Å². The Bertz CT molecular complexity index is 1310. The number of benzene rings is 1. The van der Waals surface area contributed by atoms with Crippen LogP contribution in [-0.4, -0.2) is 75.8 Å². The second-order valence-electron chi connectivity index (χ2n) is 8.24. The number of β-lactam (4-membered cyclic amide) rings is 1. The van der Waals surface area contributed by atoms with Crippen molar-refractivity contribution in [1.29, 1.82) is 0 Å². The molecule has 3 amide bonds. The molecule has 3 atom stereocenters. The van der Waals surface area contributed by atoms with Gasteiger partial charge in [-0.25, -0.2) is 9.78 Å². The lowest BCUT2D eigenvalue weighted by molar-refractivity contribution is -0.153. The molecule has 40 heavy (non-hydrogen) atoms. The molecule has 0 saturated carbocycles. The van der Waals surface area contributed by atoms with E-state index in [2.05, 4.69) is 20.8 Å². The van der Waals surface area contributed by atoms with Crippen LogP contribution in [0.2, 0.25) is 0 Å². The lowest BCUT2D eigenvalue weighted by atomic mass is 10.0. The molecule has 1 saturated heterocycles. The molecule has 2 N–H and O–H groups in total. The molecule has 1 unspecified atom stereocenters. The first-order valence-corrected chi connectivity index (χ1v) is 14.7. The molecular weight excluding hydrogens is 605 g/mol. The summed E-state index contributed by atoms with van der Waals surface area (Å²) in [5.41, 5.74) is 3.30. The number of methoxy groups -OCH3 is 1. The van der Waals surface area contributed by atoms with Crippen LogP contribution in [0.15, 0.2) is 51.6 Å². The van der Waals surface area contributed by atoms with Crippen LogP contribution in [0.25, 0.3) is 0 Å². The van der Waals surface area contributed by atoms with Crippen LogP contribution < -0.4 is 15.4 Å². The summed E-state index contributed by atoms with van der Waals surface area (Å²) in [6, 6.07) is 6.11. The highest BCUT2D eigenvalue weighted by molar-refractivity contribution is 8.00. The lowest BCUT2D eigenvalue weighted by Crippen LogP contribution is -2.70. The fourth-order valence-electron chi connectivity index (χ4n) is 3.73. The van der Waals surface area contributed by atoms with Gasteiger partial charge in [0.15, 0.2) is 0 Å². The topological polar surface area (TPSA) is 149 Å². The third kappa shape index (κ3) is 6.86. The van der Waals surface area contributed by atoms with Crippen molar-refractivity contribution in [3.63, 3.8) is 0 Å². The highest BCUT2D eigenvalue weighted by Gasteiger charge is 2.54. The molecule has 3 heterocycles. The molecule has 12 nitrogen and oxygen atoms in total. The molecule has 16 heteroatoms. The summed E-state index contributed by atoms with van der Waals surface area (Å²) in [7, 11) is 1.55. The van der Waals surface area contributed by atoms with Gasteiger partial charge in [-0.05, 0) is 23.3 Å². The predicted octanol–water partition coefficient (Wildman–Crippen LogP) is 2.14. The maximum Gasteiger partial charge on any atom is 0.355 e. The first kappa shape index (κ1) is 29.6. The maximum absolute atomic E-state index is 13.0. The first-order valence-electron chi connectivity index (χ1n) is 11.6. The number of carbonyl (C=O) groups excluding carboxylic acids is 4. The van der Waals surface area contributed by atoms with Gasteiger partial charge < -0.3 is 24.9 Å². The van der Waals surface area contributed by atoms with Crippen molar-refractivity contribution in [2.45, 2.75) is 24.3 Å². The largest absolute Gasteiger partial charge is 0.497 e. The average Bonchev–Trinajstić information content (AvgIpc) is 3.52. The smallest absolute Gasteiger partial charge is 0.355 e. The number of fused-ring (bicyclic) bond motifs is 1. The number of nitrogens with one attached hydrogen (secondary N) is 2. The number of amides is 3. The van der Waals surface area contributed by atoms with E-state index in [0.29, 0.717) is 22.8 Å². The molecule has 1 aromatic heterocycles. The fourth-order valence-corrected chi connectivity index (χ4v) is 6.06. The Balaban J connectivity index is 1.35. The second-order valence-corrected chi connectivity index (χ2v) is 10.6. The van der Waals surface area contributed by atoms with E-state index in [1.807, 2.05) is 0 Å². The van der Waals surface area contributed by atoms with E-state index in [9.17, 15) is 19.2 Å². The number of hydrogen-bond donors (Lipinski definition) is 2. The molecular formula is C24H23Cl2N5O7S2. The third-order valence-corrected chi connectivity index (χ3v) is 8.21. The van der Waals surface area contributed by atoms with Gasteiger partial charge in [0.25, 0.3) is 11.8 Å². The number of aromatic nitrogens is 1. The normalized spacial score (nSPS) is 19.0. The van der Waals surface area contributed by atoms with Crippen molar-refractivity contribution in [1.82, 2.24) is 20.5 Å². The zero-order valence-corrected chi connectivity index (χ0v) is 24.0. The summed E-state index contributed by atoms with van der Waals surface area (Å²) >= 11 is 14.2. The number of hydrogen-bond acceptors (Lipinski definition) is 11. The Morgan fingerprint density at radius 2 is 2.05 bits per heavy atom. The molecule has 0 radical (unpaired) electrons. The van der Waals surface area contributed by atoms with E-state index in [-0.39, 0.29) is 24.1 Å². The van der Waals surface area contributed by atoms with Crippen molar-refractivity contribution in [3.8, 4) is 5.75 Å². The number of halogens is 2. The zero-order valence-electron chi connectivity index (χ0n) is 20.9. The minimum atomic E-state index is -1.05. The molecule has 2 aliphatic heterocycles. The monoisotopic (exact) mass is 627 g/mol. The number of alkyl halides is 2. The predicted molar refractivity (Wildman–Crippen MR) is 149 cm³/mol. The van der Waals surface area contributed by atoms with Gasteiger partial charge in [0.1, 0.15) is 47.3 Å². The van der Waals surface area contributed by atoms with E-state index in [4.69, 9.17) is 37.5 Å². The Hall–Kier alpha value is -3.33. The first-order chi connectivity index (χ1) is 19.4. The maximum atomic E-state index is 13.0. The number of carbonyl (C=O) groups is 4. The van der Waals surface area contributed by atoms with Gasteiger partial charge in [0.05, 0.1) is 12.6 Å². The minimum Gasteiger partial charge on any atom is -0.497 e. The second kappa shape index (κ2) is 13.8. The van der Waals surface area contributed by atoms with Crippen LogP contribution in [0.4, 0.5) is 0 Å². The van der Waals surface area contributed by atoms with Crippen LogP contribution in [0.5, 0.6) is 5.75 Å². The summed E-state index contributed by atoms with van der Waals surface area (Å²) in [5.74, 6) is -1.62. The van der Waals surface area contributed by atoms with Crippen molar-refractivity contribution in [2.75, 3.05) is 24.6 Å². The highest BCUT2D eigenvalue weighted by atomic mass is 35.5. The van der Waals surface area contributed by atoms with E-state index >= 15 is 0 Å². The molecule has 4 rings (SSSR count). The summed E-state index contributed by atoms with van der Waals surface area (Å²) in [5, 5.41) is 9.76. The quantitative estimate of drug-likeness (QED) is 0.0901. The summed E-state index contributed by atoms with van der Waals surface area (Å²) < 4.78 is 10.6. The Kier molecular flexibility index (Phi) is 10.3. The van der Waals surface area contributed by atoms with Gasteiger partial charge in [-0.1, -0.05) is 17.3 Å². The summed E-state index contributed by atoms with van der Waals surface area (Å²) in [4.78, 5) is 60.7. The summed E-state index contributed by atoms with van der Waals surface area (Å²) in [6.07, 6.45) is -0.221. The van der Waals surface area contributed by atoms with Crippen LogP contribution in [0, 0.1) is 0 Å². The van der Waals surface area contributed by atoms with Crippen molar-refractivity contribution in [2.24, 2.45) is 5.16 Å². The van der Waals surface area contributed by atoms with Gasteiger partial charge in [-0.2, -0.15) is 0 Å². The molecule has 1 fully saturated rings. The molecule has 1 aromatic carbocycles. The number of thioether (sulfide) groups is 1. The standard InChI is InChI=1S/C24H23Cl2N5O7S2/c1-36-15-4-2-13(3-5-15)9-37-24(35)20-14(6-25)10-40-23-19(22(34)31(20)23)29-18(33)8-28-38-21(30-17(32)7-26)16-11-39-12-27-16/h2-5,8,11-12,19,21,23H,6-7,9-10H2,1H3,(H,29,33)(H,30,32)/t19-,21?,23+/m1/s1. The fraction of sp³-hybridized carbons (Fsp3) is 0.333. The number of nitrogens with zero attached hydrogens (tertiary/aromatic N) is 3. The van der Waals surface area contributed by atoms with Crippen LogP contribution in [0.3, 0.4) is 0 Å². The van der Waals surface area contributed by atoms with E-state index in [1.165, 1.54) is 33.5 Å². The van der Waals surface area contributed by atoms with E-state index < -0.39 is 41.3 Å². The molecule has 0 aliphatic carbocycles. The minimum absolute atomic E-state index is 0.00833. The Labute approximate surface area is 247 Å². The third-order valence-electron chi connectivity index (χ3n) is 5.70. The Morgan fingerprint density at radius 3 is 2.70 bits per heavy atom. The lowest BCUT2D eigenvalue weighted by Gasteiger charge is -2.49. The van der Waals surface area contributed by atoms with Gasteiger partial charge in [0, 0.05) is 17.0 Å². The van der Waals surface area contributed by atoms with Gasteiger partial charge in [0.2, 0.25) is 12.1 Å². The van der Waals surface area contributed by atoms with Crippen molar-refractivity contribution in [3.05, 3.63) is 57.7 Å². The van der Waals surface area contributed by atoms with E-state index in [1.54, 1.807) is 36.8 Å². The average molecular weight is 629 g/mol. The molecule has 212 valence electrons. The molecule has 0 spiro atoms. The zero-order chi connectivity index (χ0) is 28.6. The highest BCUT2D eigenvalue weighted by Crippen LogP contribution is 2.41. The molecule has 2 aliphatic rings. The van der Waals surface area contributed by atoms with Crippen molar-refractivity contribution >= 4 is 76.2 Å². The number of esters is 1. The summed E-state index contributed by atoms with van der Waals surface area (Å²) in [6.45, 7) is -0.00833. The van der Waals surface area contributed by atoms with Crippen LogP contribution in [0.1, 0.15) is 17.5 Å². The Morgan fingerprint density at radius 1 is 1.27 bits per heavy atom. The molecule has 2 aromatic rings. The van der Waals surface area contributed by atoms with Gasteiger partial charge in [-0.15, -0.1) is 46.3 Å². The van der Waals surface area contributed by atoms with E-state index in [0.717, 1.165) is 11.8 Å². The number of rotatable bonds is 12. The molecule has 0 bridgehead atoms. The number of thiazole rings is 1. The van der Waals surface area contributed by atoms with Gasteiger partial charge >= 0.3 is 5.97 Å². The van der Waals surface area contributed by atoms with Crippen molar-refractivity contribution < 1.29 is 33.5 Å². The van der Waals surface area contributed by atoms with Crippen LogP contribution in [-0.2, 0) is 35.4 Å². The number of ether oxygens (including phenoxy) is 2. The van der Waals surface area contributed by atoms with Gasteiger partial charge in [-0.3, -0.25) is 19.3 Å². The SMILES string of the molecule is COc1ccc(COC(=O)C2=C(CCl)CS[C@H]3[C@H](NC(=O)C=NOC(NC(=O)CCl)c4cscn4)C(=O)N23)cc1. The number of oxime groups is 1.